The van der Waals surface area contributed by atoms with Gasteiger partial charge >= 0.3 is 11.9 Å². The van der Waals surface area contributed by atoms with Crippen LogP contribution in [-0.4, -0.2) is 43.9 Å². The highest BCUT2D eigenvalue weighted by molar-refractivity contribution is 7.90. The molecule has 2 N–H and O–H groups in total. The van der Waals surface area contributed by atoms with E-state index in [4.69, 9.17) is 5.11 Å². The van der Waals surface area contributed by atoms with Crippen LogP contribution in [0, 0.1) is 0 Å². The van der Waals surface area contributed by atoms with Gasteiger partial charge in [0.25, 0.3) is 0 Å². The van der Waals surface area contributed by atoms with Crippen LogP contribution < -0.4 is 4.72 Å². The van der Waals surface area contributed by atoms with Gasteiger partial charge in [-0.2, -0.15) is 4.72 Å². The molecule has 100 valence electrons. The Kier molecular flexibility index (Phi) is 5.56. The maximum atomic E-state index is 11.6. The first-order valence-electron chi connectivity index (χ1n) is 5.05. The van der Waals surface area contributed by atoms with Crippen molar-refractivity contribution in [1.82, 2.24) is 4.72 Å². The number of hydrogen-bond donors (Lipinski definition) is 2. The zero-order valence-corrected chi connectivity index (χ0v) is 10.8. The number of sulfonamides is 1. The monoisotopic (exact) mass is 267 g/mol. The van der Waals surface area contributed by atoms with E-state index in [9.17, 15) is 18.0 Å². The predicted molar refractivity (Wildman–Crippen MR) is 59.9 cm³/mol. The molecule has 17 heavy (non-hydrogen) atoms. The van der Waals surface area contributed by atoms with Crippen molar-refractivity contribution in [3.63, 3.8) is 0 Å². The maximum absolute atomic E-state index is 11.6. The molecule has 0 rings (SSSR count). The second-order valence-electron chi connectivity index (χ2n) is 3.53. The molecule has 0 heterocycles. The first-order valence-corrected chi connectivity index (χ1v) is 6.70. The molecule has 0 aliphatic carbocycles. The molecule has 0 amide bonds. The van der Waals surface area contributed by atoms with E-state index < -0.39 is 33.3 Å². The first kappa shape index (κ1) is 15.9. The van der Waals surface area contributed by atoms with Crippen molar-refractivity contribution in [1.29, 1.82) is 0 Å². The molecular formula is C9H17NO6S. The van der Waals surface area contributed by atoms with Crippen LogP contribution >= 0.6 is 0 Å². The molecule has 8 heteroatoms. The SMILES string of the molecule is CCC(CC)(NS(=O)(=O)CC(=O)OC)C(=O)O. The fraction of sp³-hybridized carbons (Fsp3) is 0.778. The van der Waals surface area contributed by atoms with Crippen LogP contribution in [0.25, 0.3) is 0 Å². The van der Waals surface area contributed by atoms with Gasteiger partial charge in [0, 0.05) is 0 Å². The Balaban J connectivity index is 5.01. The Hall–Kier alpha value is -1.15. The smallest absolute Gasteiger partial charge is 0.324 e. The highest BCUT2D eigenvalue weighted by atomic mass is 32.2. The van der Waals surface area contributed by atoms with Crippen LogP contribution in [-0.2, 0) is 24.3 Å². The van der Waals surface area contributed by atoms with E-state index in [0.29, 0.717) is 0 Å². The Labute approximate surface area is 100 Å². The van der Waals surface area contributed by atoms with E-state index in [2.05, 4.69) is 4.74 Å². The minimum absolute atomic E-state index is 0.0826. The summed E-state index contributed by atoms with van der Waals surface area (Å²) in [5.74, 6) is -3.10. The third kappa shape index (κ3) is 4.31. The van der Waals surface area contributed by atoms with Crippen molar-refractivity contribution >= 4 is 22.0 Å². The average Bonchev–Trinajstić information content (AvgIpc) is 2.24. The lowest BCUT2D eigenvalue weighted by molar-refractivity contribution is -0.144. The normalized spacial score (nSPS) is 12.2. The van der Waals surface area contributed by atoms with Gasteiger partial charge in [0.2, 0.25) is 10.0 Å². The largest absolute Gasteiger partial charge is 0.480 e. The van der Waals surface area contributed by atoms with Crippen molar-refractivity contribution in [3.8, 4) is 0 Å². The molecule has 0 aliphatic heterocycles. The number of methoxy groups -OCH3 is 1. The molecule has 0 fully saturated rings. The molecule has 0 unspecified atom stereocenters. The topological polar surface area (TPSA) is 110 Å². The summed E-state index contributed by atoms with van der Waals surface area (Å²) in [5.41, 5.74) is -1.58. The summed E-state index contributed by atoms with van der Waals surface area (Å²) < 4.78 is 29.4. The van der Waals surface area contributed by atoms with E-state index in [1.807, 2.05) is 4.72 Å². The fourth-order valence-electron chi connectivity index (χ4n) is 1.29. The predicted octanol–water partition coefficient (Wildman–Crippen LogP) is -0.278. The number of esters is 1. The summed E-state index contributed by atoms with van der Waals surface area (Å²) >= 11 is 0. The summed E-state index contributed by atoms with van der Waals surface area (Å²) in [5, 5.41) is 9.04. The van der Waals surface area contributed by atoms with Crippen LogP contribution in [0.3, 0.4) is 0 Å². The number of rotatable bonds is 7. The van der Waals surface area contributed by atoms with Gasteiger partial charge in [0.05, 0.1) is 7.11 Å². The molecule has 0 aromatic carbocycles. The number of carbonyl (C=O) groups is 2. The standard InChI is InChI=1S/C9H17NO6S/c1-4-9(5-2,8(12)13)10-17(14,15)6-7(11)16-3/h10H,4-6H2,1-3H3,(H,12,13). The van der Waals surface area contributed by atoms with Crippen LogP contribution in [0.4, 0.5) is 0 Å². The van der Waals surface area contributed by atoms with Gasteiger partial charge < -0.3 is 9.84 Å². The third-order valence-corrected chi connectivity index (χ3v) is 3.82. The van der Waals surface area contributed by atoms with Crippen LogP contribution in [0.2, 0.25) is 0 Å². The molecule has 0 aliphatic rings. The van der Waals surface area contributed by atoms with Gasteiger partial charge in [0.15, 0.2) is 5.75 Å². The van der Waals surface area contributed by atoms with E-state index >= 15 is 0 Å². The van der Waals surface area contributed by atoms with Crippen LogP contribution in [0.1, 0.15) is 26.7 Å². The van der Waals surface area contributed by atoms with E-state index in [1.165, 1.54) is 0 Å². The number of hydrogen-bond acceptors (Lipinski definition) is 5. The third-order valence-electron chi connectivity index (χ3n) is 2.50. The van der Waals surface area contributed by atoms with Gasteiger partial charge in [-0.25, -0.2) is 8.42 Å². The molecular weight excluding hydrogens is 250 g/mol. The lowest BCUT2D eigenvalue weighted by Gasteiger charge is -2.27. The van der Waals surface area contributed by atoms with E-state index in [-0.39, 0.29) is 12.8 Å². The number of carboxylic acid groups (broad SMARTS) is 1. The second-order valence-corrected chi connectivity index (χ2v) is 5.25. The number of ether oxygens (including phenoxy) is 1. The fourth-order valence-corrected chi connectivity index (χ4v) is 2.76. The Bertz CT molecular complexity index is 384. The summed E-state index contributed by atoms with van der Waals surface area (Å²) in [7, 11) is -2.97. The minimum Gasteiger partial charge on any atom is -0.480 e. The number of aliphatic carboxylic acids is 1. The summed E-state index contributed by atoms with van der Waals surface area (Å²) in [6.45, 7) is 3.11. The van der Waals surface area contributed by atoms with Gasteiger partial charge in [-0.15, -0.1) is 0 Å². The van der Waals surface area contributed by atoms with Crippen molar-refractivity contribution in [2.75, 3.05) is 12.9 Å². The number of nitrogens with one attached hydrogen (secondary N) is 1. The molecule has 7 nitrogen and oxygen atoms in total. The maximum Gasteiger partial charge on any atom is 0.324 e. The first-order chi connectivity index (χ1) is 7.73. The highest BCUT2D eigenvalue weighted by Gasteiger charge is 2.39. The van der Waals surface area contributed by atoms with E-state index in [1.54, 1.807) is 13.8 Å². The number of carboxylic acids is 1. The Morgan fingerprint density at radius 2 is 1.76 bits per heavy atom. The van der Waals surface area contributed by atoms with Crippen molar-refractivity contribution in [3.05, 3.63) is 0 Å². The highest BCUT2D eigenvalue weighted by Crippen LogP contribution is 2.17. The molecule has 0 saturated carbocycles. The molecule has 0 atom stereocenters. The minimum atomic E-state index is -4.03. The van der Waals surface area contributed by atoms with Crippen LogP contribution in [0.5, 0.6) is 0 Å². The molecule has 0 bridgehead atoms. The zero-order valence-electron chi connectivity index (χ0n) is 10.0. The summed E-state index contributed by atoms with van der Waals surface area (Å²) in [6.07, 6.45) is 0.165. The van der Waals surface area contributed by atoms with Crippen molar-refractivity contribution in [2.24, 2.45) is 0 Å². The van der Waals surface area contributed by atoms with Crippen molar-refractivity contribution < 1.29 is 27.9 Å². The lowest BCUT2D eigenvalue weighted by atomic mass is 9.95. The molecule has 0 saturated heterocycles. The van der Waals surface area contributed by atoms with Gasteiger partial charge in [0.1, 0.15) is 5.54 Å². The summed E-state index contributed by atoms with van der Waals surface area (Å²) in [6, 6.07) is 0. The Morgan fingerprint density at radius 1 is 1.29 bits per heavy atom. The zero-order chi connectivity index (χ0) is 13.7. The quantitative estimate of drug-likeness (QED) is 0.614. The van der Waals surface area contributed by atoms with Gasteiger partial charge in [-0.1, -0.05) is 13.8 Å². The molecule has 0 aromatic rings. The average molecular weight is 267 g/mol. The van der Waals surface area contributed by atoms with E-state index in [0.717, 1.165) is 7.11 Å². The van der Waals surface area contributed by atoms with Crippen LogP contribution in [0.15, 0.2) is 0 Å². The second kappa shape index (κ2) is 5.97. The van der Waals surface area contributed by atoms with Gasteiger partial charge in [-0.05, 0) is 12.8 Å². The number of carbonyl (C=O) groups excluding carboxylic acids is 1. The molecule has 0 aromatic heterocycles. The lowest BCUT2D eigenvalue weighted by Crippen LogP contribution is -2.54. The summed E-state index contributed by atoms with van der Waals surface area (Å²) in [4.78, 5) is 21.9. The molecule has 0 spiro atoms. The van der Waals surface area contributed by atoms with Gasteiger partial charge in [-0.3, -0.25) is 9.59 Å². The Morgan fingerprint density at radius 3 is 2.06 bits per heavy atom. The van der Waals surface area contributed by atoms with Crippen molar-refractivity contribution in [2.45, 2.75) is 32.2 Å². The molecule has 0 radical (unpaired) electrons.